The zero-order valence-corrected chi connectivity index (χ0v) is 10.9. The van der Waals surface area contributed by atoms with Crippen molar-refractivity contribution in [2.75, 3.05) is 5.88 Å². The molecule has 5 heteroatoms. The molecule has 0 saturated carbocycles. The maximum Gasteiger partial charge on any atom is 0.244 e. The summed E-state index contributed by atoms with van der Waals surface area (Å²) in [5.74, 6) is -1.26. The second kappa shape index (κ2) is 5.71. The lowest BCUT2D eigenvalue weighted by Crippen LogP contribution is -2.38. The van der Waals surface area contributed by atoms with Crippen LogP contribution in [0.1, 0.15) is 11.6 Å². The van der Waals surface area contributed by atoms with Crippen LogP contribution >= 0.6 is 11.6 Å². The molecule has 0 fully saturated rings. The summed E-state index contributed by atoms with van der Waals surface area (Å²) in [4.78, 5) is 22.8. The van der Waals surface area contributed by atoms with E-state index in [2.05, 4.69) is 5.32 Å². The van der Waals surface area contributed by atoms with Crippen molar-refractivity contribution in [1.29, 1.82) is 0 Å². The molecule has 0 bridgehead atoms. The molecule has 2 aromatic carbocycles. The zero-order chi connectivity index (χ0) is 13.8. The molecule has 0 aliphatic heterocycles. The number of hydrogen-bond acceptors (Lipinski definition) is 2. The first-order valence-corrected chi connectivity index (χ1v) is 6.28. The number of nitrogens with two attached hydrogens (primary N) is 1. The largest absolute Gasteiger partial charge is 0.368 e. The molecule has 0 aromatic heterocycles. The molecule has 1 unspecified atom stereocenters. The average Bonchev–Trinajstić information content (AvgIpc) is 2.43. The lowest BCUT2D eigenvalue weighted by molar-refractivity contribution is -0.126. The number of primary amides is 1. The molecule has 4 nitrogen and oxygen atoms in total. The Morgan fingerprint density at radius 3 is 2.47 bits per heavy atom. The molecule has 2 amide bonds. The lowest BCUT2D eigenvalue weighted by Gasteiger charge is -2.15. The normalized spacial score (nSPS) is 12.1. The lowest BCUT2D eigenvalue weighted by atomic mass is 10.0. The highest BCUT2D eigenvalue weighted by molar-refractivity contribution is 6.27. The molecule has 0 saturated heterocycles. The van der Waals surface area contributed by atoms with Gasteiger partial charge in [-0.05, 0) is 22.4 Å². The summed E-state index contributed by atoms with van der Waals surface area (Å²) < 4.78 is 0. The summed E-state index contributed by atoms with van der Waals surface area (Å²) in [5.41, 5.74) is 5.96. The van der Waals surface area contributed by atoms with E-state index in [9.17, 15) is 9.59 Å². The third-order valence-corrected chi connectivity index (χ3v) is 3.06. The average molecular weight is 277 g/mol. The van der Waals surface area contributed by atoms with E-state index >= 15 is 0 Å². The Labute approximate surface area is 115 Å². The van der Waals surface area contributed by atoms with Gasteiger partial charge in [0.25, 0.3) is 0 Å². The van der Waals surface area contributed by atoms with Gasteiger partial charge in [0.15, 0.2) is 0 Å². The number of hydrogen-bond donors (Lipinski definition) is 2. The fraction of sp³-hybridized carbons (Fsp3) is 0.143. The van der Waals surface area contributed by atoms with Crippen LogP contribution < -0.4 is 11.1 Å². The van der Waals surface area contributed by atoms with E-state index in [1.807, 2.05) is 36.4 Å². The highest BCUT2D eigenvalue weighted by Crippen LogP contribution is 2.20. The molecule has 19 heavy (non-hydrogen) atoms. The van der Waals surface area contributed by atoms with Crippen LogP contribution in [0.4, 0.5) is 0 Å². The molecular formula is C14H13ClN2O2. The Morgan fingerprint density at radius 2 is 1.84 bits per heavy atom. The molecule has 0 aliphatic rings. The Bertz CT molecular complexity index is 628. The van der Waals surface area contributed by atoms with Gasteiger partial charge in [-0.3, -0.25) is 9.59 Å². The van der Waals surface area contributed by atoms with Crippen molar-refractivity contribution in [3.63, 3.8) is 0 Å². The van der Waals surface area contributed by atoms with Gasteiger partial charge in [0.05, 0.1) is 0 Å². The maximum absolute atomic E-state index is 11.5. The first-order chi connectivity index (χ1) is 9.11. The number of rotatable bonds is 4. The number of nitrogens with one attached hydrogen (secondary N) is 1. The summed E-state index contributed by atoms with van der Waals surface area (Å²) in [6.07, 6.45) is 0. The van der Waals surface area contributed by atoms with Gasteiger partial charge >= 0.3 is 0 Å². The van der Waals surface area contributed by atoms with Crippen molar-refractivity contribution in [1.82, 2.24) is 5.32 Å². The van der Waals surface area contributed by atoms with Crippen LogP contribution in [-0.4, -0.2) is 17.7 Å². The molecule has 0 radical (unpaired) electrons. The second-order valence-electron chi connectivity index (χ2n) is 4.14. The number of halogens is 1. The van der Waals surface area contributed by atoms with Gasteiger partial charge in [0, 0.05) is 0 Å². The Morgan fingerprint density at radius 1 is 1.16 bits per heavy atom. The quantitative estimate of drug-likeness (QED) is 0.835. The zero-order valence-electron chi connectivity index (χ0n) is 10.1. The predicted molar refractivity (Wildman–Crippen MR) is 74.7 cm³/mol. The van der Waals surface area contributed by atoms with E-state index in [0.717, 1.165) is 10.8 Å². The minimum atomic E-state index is -0.865. The van der Waals surface area contributed by atoms with E-state index in [0.29, 0.717) is 5.56 Å². The van der Waals surface area contributed by atoms with Crippen molar-refractivity contribution in [2.24, 2.45) is 5.73 Å². The summed E-state index contributed by atoms with van der Waals surface area (Å²) in [6, 6.07) is 12.4. The topological polar surface area (TPSA) is 72.2 Å². The van der Waals surface area contributed by atoms with Gasteiger partial charge in [0.1, 0.15) is 11.9 Å². The molecule has 2 rings (SSSR count). The Balaban J connectivity index is 2.38. The predicted octanol–water partition coefficient (Wildman–Crippen LogP) is 1.72. The fourth-order valence-corrected chi connectivity index (χ4v) is 1.98. The van der Waals surface area contributed by atoms with E-state index in [4.69, 9.17) is 17.3 Å². The van der Waals surface area contributed by atoms with Gasteiger partial charge in [-0.25, -0.2) is 0 Å². The van der Waals surface area contributed by atoms with Crippen molar-refractivity contribution < 1.29 is 9.59 Å². The van der Waals surface area contributed by atoms with Gasteiger partial charge in [0.2, 0.25) is 11.8 Å². The molecule has 1 atom stereocenters. The van der Waals surface area contributed by atoms with Crippen molar-refractivity contribution >= 4 is 34.2 Å². The standard InChI is InChI=1S/C14H13ClN2O2/c15-8-12(18)17-13(14(16)19)11-6-5-9-3-1-2-4-10(9)7-11/h1-7,13H,8H2,(H2,16,19)(H,17,18). The number of amides is 2. The van der Waals surface area contributed by atoms with Crippen LogP contribution in [0.25, 0.3) is 10.8 Å². The van der Waals surface area contributed by atoms with Crippen LogP contribution in [0.5, 0.6) is 0 Å². The maximum atomic E-state index is 11.5. The minimum absolute atomic E-state index is 0.211. The van der Waals surface area contributed by atoms with Crippen LogP contribution in [0, 0.1) is 0 Å². The third kappa shape index (κ3) is 3.03. The van der Waals surface area contributed by atoms with Gasteiger partial charge < -0.3 is 11.1 Å². The number of benzene rings is 2. The molecular weight excluding hydrogens is 264 g/mol. The van der Waals surface area contributed by atoms with Gasteiger partial charge in [-0.2, -0.15) is 0 Å². The first kappa shape index (κ1) is 13.4. The van der Waals surface area contributed by atoms with E-state index < -0.39 is 17.9 Å². The van der Waals surface area contributed by atoms with E-state index in [1.54, 1.807) is 6.07 Å². The number of fused-ring (bicyclic) bond motifs is 1. The molecule has 0 spiro atoms. The molecule has 0 heterocycles. The summed E-state index contributed by atoms with van der Waals surface area (Å²) in [7, 11) is 0. The van der Waals surface area contributed by atoms with Crippen molar-refractivity contribution in [3.8, 4) is 0 Å². The smallest absolute Gasteiger partial charge is 0.244 e. The van der Waals surface area contributed by atoms with Crippen molar-refractivity contribution in [2.45, 2.75) is 6.04 Å². The second-order valence-corrected chi connectivity index (χ2v) is 4.41. The van der Waals surface area contributed by atoms with Crippen LogP contribution in [-0.2, 0) is 9.59 Å². The first-order valence-electron chi connectivity index (χ1n) is 5.75. The van der Waals surface area contributed by atoms with Gasteiger partial charge in [-0.1, -0.05) is 36.4 Å². The highest BCUT2D eigenvalue weighted by Gasteiger charge is 2.19. The number of carbonyl (C=O) groups is 2. The number of carbonyl (C=O) groups excluding carboxylic acids is 2. The summed E-state index contributed by atoms with van der Waals surface area (Å²) in [5, 5.41) is 4.53. The SMILES string of the molecule is NC(=O)C(NC(=O)CCl)c1ccc2ccccc2c1. The molecule has 3 N–H and O–H groups in total. The molecule has 0 aliphatic carbocycles. The Hall–Kier alpha value is -2.07. The van der Waals surface area contributed by atoms with E-state index in [-0.39, 0.29) is 5.88 Å². The minimum Gasteiger partial charge on any atom is -0.368 e. The molecule has 98 valence electrons. The summed E-state index contributed by atoms with van der Waals surface area (Å²) in [6.45, 7) is 0. The van der Waals surface area contributed by atoms with Crippen LogP contribution in [0.15, 0.2) is 42.5 Å². The van der Waals surface area contributed by atoms with Crippen molar-refractivity contribution in [3.05, 3.63) is 48.0 Å². The third-order valence-electron chi connectivity index (χ3n) is 2.82. The summed E-state index contributed by atoms with van der Waals surface area (Å²) >= 11 is 5.42. The fourth-order valence-electron chi connectivity index (χ4n) is 1.91. The van der Waals surface area contributed by atoms with E-state index in [1.165, 1.54) is 0 Å². The van der Waals surface area contributed by atoms with Gasteiger partial charge in [-0.15, -0.1) is 11.6 Å². The van der Waals surface area contributed by atoms with Crippen LogP contribution in [0.3, 0.4) is 0 Å². The highest BCUT2D eigenvalue weighted by atomic mass is 35.5. The molecule has 2 aromatic rings. The number of alkyl halides is 1. The Kier molecular flexibility index (Phi) is 4.02. The van der Waals surface area contributed by atoms with Crippen LogP contribution in [0.2, 0.25) is 0 Å². The monoisotopic (exact) mass is 276 g/mol.